The molecule has 2 heterocycles. The van der Waals surface area contributed by atoms with Gasteiger partial charge in [0.05, 0.1) is 23.9 Å². The predicted molar refractivity (Wildman–Crippen MR) is 169 cm³/mol. The lowest BCUT2D eigenvalue weighted by atomic mass is 10.2. The van der Waals surface area contributed by atoms with Crippen LogP contribution < -0.4 is 20.1 Å². The molecular formula is C31H42N4O8S. The summed E-state index contributed by atoms with van der Waals surface area (Å²) in [5.41, 5.74) is 2.43. The van der Waals surface area contributed by atoms with Crippen molar-refractivity contribution in [1.29, 1.82) is 0 Å². The van der Waals surface area contributed by atoms with Crippen LogP contribution >= 0.6 is 11.8 Å². The molecule has 12 nitrogen and oxygen atoms in total. The Morgan fingerprint density at radius 1 is 0.773 bits per heavy atom. The van der Waals surface area contributed by atoms with Crippen molar-refractivity contribution in [3.63, 3.8) is 0 Å². The second kappa shape index (κ2) is 15.0. The van der Waals surface area contributed by atoms with E-state index in [0.29, 0.717) is 30.4 Å². The van der Waals surface area contributed by atoms with Crippen molar-refractivity contribution in [3.05, 3.63) is 41.5 Å². The van der Waals surface area contributed by atoms with E-state index in [1.807, 2.05) is 92.0 Å². The van der Waals surface area contributed by atoms with Crippen molar-refractivity contribution >= 4 is 45.9 Å². The minimum absolute atomic E-state index is 0.280. The molecule has 0 radical (unpaired) electrons. The van der Waals surface area contributed by atoms with Gasteiger partial charge in [0.1, 0.15) is 24.4 Å². The molecule has 0 aliphatic carbocycles. The number of para-hydroxylation sites is 1. The zero-order valence-electron chi connectivity index (χ0n) is 26.8. The molecule has 2 aromatic heterocycles. The van der Waals surface area contributed by atoms with Gasteiger partial charge in [-0.05, 0) is 95.2 Å². The standard InChI is InChI=1S/C16H22N2O4S.C15H20N2O4/c1-10-6-7-11(23-5)12-13(10)22-18-14(12)20-9-8-17-15(19)21-16(2,3)4;1-10-6-5-7-11-12(10)21-17-13(11)19-9-8-16-14(18)20-15(2,3)4/h6-7H,8-9H2,1-5H3,(H,17,19);5-7H,8-9H2,1-4H3,(H,16,18). The van der Waals surface area contributed by atoms with Crippen LogP contribution in [0.3, 0.4) is 0 Å². The van der Waals surface area contributed by atoms with Crippen LogP contribution in [0.15, 0.2) is 44.3 Å². The van der Waals surface area contributed by atoms with Crippen LogP contribution in [0, 0.1) is 13.8 Å². The van der Waals surface area contributed by atoms with Gasteiger partial charge >= 0.3 is 12.2 Å². The molecule has 0 saturated heterocycles. The van der Waals surface area contributed by atoms with Crippen LogP contribution in [-0.2, 0) is 9.47 Å². The van der Waals surface area contributed by atoms with Crippen molar-refractivity contribution in [1.82, 2.24) is 20.9 Å². The molecule has 0 fully saturated rings. The number of hydrogen-bond acceptors (Lipinski definition) is 11. The topological polar surface area (TPSA) is 147 Å². The number of carbonyl (C=O) groups is 2. The molecule has 0 aliphatic rings. The molecule has 2 N–H and O–H groups in total. The Morgan fingerprint density at radius 2 is 1.30 bits per heavy atom. The Labute approximate surface area is 261 Å². The highest BCUT2D eigenvalue weighted by atomic mass is 32.2. The first-order chi connectivity index (χ1) is 20.7. The van der Waals surface area contributed by atoms with E-state index in [9.17, 15) is 9.59 Å². The van der Waals surface area contributed by atoms with E-state index in [4.69, 9.17) is 28.0 Å². The van der Waals surface area contributed by atoms with Gasteiger partial charge in [0.15, 0.2) is 11.2 Å². The third kappa shape index (κ3) is 10.2. The number of thioether (sulfide) groups is 1. The summed E-state index contributed by atoms with van der Waals surface area (Å²) in [6.07, 6.45) is 1.06. The van der Waals surface area contributed by atoms with E-state index in [0.717, 1.165) is 32.4 Å². The molecule has 0 atom stereocenters. The van der Waals surface area contributed by atoms with Gasteiger partial charge in [-0.3, -0.25) is 0 Å². The van der Waals surface area contributed by atoms with E-state index in [2.05, 4.69) is 20.9 Å². The highest BCUT2D eigenvalue weighted by Gasteiger charge is 2.18. The molecule has 2 aromatic carbocycles. The molecule has 44 heavy (non-hydrogen) atoms. The van der Waals surface area contributed by atoms with Crippen molar-refractivity contribution in [2.24, 2.45) is 0 Å². The average Bonchev–Trinajstić information content (AvgIpc) is 3.54. The predicted octanol–water partition coefficient (Wildman–Crippen LogP) is 6.80. The molecule has 4 rings (SSSR count). The number of benzene rings is 2. The quantitative estimate of drug-likeness (QED) is 0.149. The second-order valence-corrected chi connectivity index (χ2v) is 12.6. The fraction of sp³-hybridized carbons (Fsp3) is 0.484. The Hall–Kier alpha value is -4.13. The molecule has 0 aliphatic heterocycles. The van der Waals surface area contributed by atoms with Gasteiger partial charge in [-0.2, -0.15) is 0 Å². The van der Waals surface area contributed by atoms with Gasteiger partial charge in [-0.15, -0.1) is 11.8 Å². The molecular weight excluding hydrogens is 588 g/mol. The number of fused-ring (bicyclic) bond motifs is 2. The Morgan fingerprint density at radius 3 is 1.86 bits per heavy atom. The van der Waals surface area contributed by atoms with Crippen LogP contribution in [0.5, 0.6) is 11.8 Å². The third-order valence-electron chi connectivity index (χ3n) is 5.65. The molecule has 0 saturated carbocycles. The van der Waals surface area contributed by atoms with Gasteiger partial charge in [-0.25, -0.2) is 9.59 Å². The number of aromatic nitrogens is 2. The number of ether oxygens (including phenoxy) is 4. The third-order valence-corrected chi connectivity index (χ3v) is 6.43. The highest BCUT2D eigenvalue weighted by Crippen LogP contribution is 2.35. The number of hydrogen-bond donors (Lipinski definition) is 2. The maximum atomic E-state index is 11.6. The van der Waals surface area contributed by atoms with Crippen molar-refractivity contribution < 1.29 is 37.6 Å². The first-order valence-electron chi connectivity index (χ1n) is 14.2. The lowest BCUT2D eigenvalue weighted by Gasteiger charge is -2.19. The number of aryl methyl sites for hydroxylation is 2. The van der Waals surface area contributed by atoms with Gasteiger partial charge in [-0.1, -0.05) is 18.2 Å². The fourth-order valence-corrected chi connectivity index (χ4v) is 4.39. The zero-order valence-corrected chi connectivity index (χ0v) is 27.6. The van der Waals surface area contributed by atoms with E-state index in [-0.39, 0.29) is 13.2 Å². The highest BCUT2D eigenvalue weighted by molar-refractivity contribution is 7.98. The Kier molecular flexibility index (Phi) is 11.7. The summed E-state index contributed by atoms with van der Waals surface area (Å²) in [6, 6.07) is 9.76. The van der Waals surface area contributed by atoms with Crippen LogP contribution in [0.4, 0.5) is 9.59 Å². The summed E-state index contributed by atoms with van der Waals surface area (Å²) in [7, 11) is 0. The molecule has 0 unspecified atom stereocenters. The maximum absolute atomic E-state index is 11.6. The number of alkyl carbamates (subject to hydrolysis) is 2. The number of rotatable bonds is 9. The second-order valence-electron chi connectivity index (χ2n) is 11.8. The van der Waals surface area contributed by atoms with Crippen LogP contribution in [0.25, 0.3) is 21.9 Å². The summed E-state index contributed by atoms with van der Waals surface area (Å²) < 4.78 is 32.0. The van der Waals surface area contributed by atoms with Crippen LogP contribution in [0.2, 0.25) is 0 Å². The normalized spacial score (nSPS) is 11.5. The van der Waals surface area contributed by atoms with E-state index in [1.165, 1.54) is 0 Å². The largest absolute Gasteiger partial charge is 0.473 e. The van der Waals surface area contributed by atoms with Crippen LogP contribution in [0.1, 0.15) is 52.7 Å². The van der Waals surface area contributed by atoms with Gasteiger partial charge in [0.2, 0.25) is 0 Å². The lowest BCUT2D eigenvalue weighted by Crippen LogP contribution is -2.34. The van der Waals surface area contributed by atoms with Crippen molar-refractivity contribution in [2.45, 2.75) is 71.5 Å². The van der Waals surface area contributed by atoms with Gasteiger partial charge in [0.25, 0.3) is 11.8 Å². The summed E-state index contributed by atoms with van der Waals surface area (Å²) in [5.74, 6) is 0.874. The smallest absolute Gasteiger partial charge is 0.407 e. The van der Waals surface area contributed by atoms with E-state index < -0.39 is 23.4 Å². The zero-order chi connectivity index (χ0) is 32.5. The monoisotopic (exact) mass is 630 g/mol. The van der Waals surface area contributed by atoms with Gasteiger partial charge in [0, 0.05) is 4.90 Å². The minimum Gasteiger partial charge on any atom is -0.473 e. The average molecular weight is 631 g/mol. The minimum atomic E-state index is -0.516. The summed E-state index contributed by atoms with van der Waals surface area (Å²) in [5, 5.41) is 14.8. The summed E-state index contributed by atoms with van der Waals surface area (Å²) >= 11 is 1.61. The molecule has 0 bridgehead atoms. The van der Waals surface area contributed by atoms with Gasteiger partial charge < -0.3 is 38.6 Å². The number of nitrogens with zero attached hydrogens (tertiary/aromatic N) is 2. The maximum Gasteiger partial charge on any atom is 0.407 e. The summed E-state index contributed by atoms with van der Waals surface area (Å²) in [6.45, 7) is 16.0. The first kappa shape index (κ1) is 34.4. The molecule has 13 heteroatoms. The molecule has 0 spiro atoms. The SMILES string of the molecule is CSc1ccc(C)c2onc(OCCNC(=O)OC(C)(C)C)c12.Cc1cccc2c(OCCNC(=O)OC(C)(C)C)noc12. The lowest BCUT2D eigenvalue weighted by molar-refractivity contribution is 0.0508. The number of amides is 2. The van der Waals surface area contributed by atoms with E-state index in [1.54, 1.807) is 11.8 Å². The van der Waals surface area contributed by atoms with E-state index >= 15 is 0 Å². The number of nitrogens with one attached hydrogen (secondary N) is 2. The molecule has 2 amide bonds. The summed E-state index contributed by atoms with van der Waals surface area (Å²) in [4.78, 5) is 24.0. The number of carbonyl (C=O) groups excluding carboxylic acids is 2. The Balaban J connectivity index is 0.000000241. The Bertz CT molecular complexity index is 1550. The fourth-order valence-electron chi connectivity index (χ4n) is 3.80. The first-order valence-corrected chi connectivity index (χ1v) is 15.4. The van der Waals surface area contributed by atoms with Crippen molar-refractivity contribution in [2.75, 3.05) is 32.6 Å². The van der Waals surface area contributed by atoms with Crippen LogP contribution in [-0.4, -0.2) is 66.3 Å². The van der Waals surface area contributed by atoms with Crippen molar-refractivity contribution in [3.8, 4) is 11.8 Å². The molecule has 4 aromatic rings. The molecule has 240 valence electrons.